The molecule has 0 aromatic heterocycles. The first-order chi connectivity index (χ1) is 14.5. The zero-order chi connectivity index (χ0) is 21.5. The highest BCUT2D eigenvalue weighted by atomic mass is 35.5. The number of amides is 3. The monoisotopic (exact) mass is 432 g/mol. The number of piperazine rings is 1. The predicted molar refractivity (Wildman–Crippen MR) is 117 cm³/mol. The van der Waals surface area contributed by atoms with Gasteiger partial charge in [0.25, 0.3) is 0 Å². The number of urea groups is 1. The van der Waals surface area contributed by atoms with E-state index in [4.69, 9.17) is 21.1 Å². The second-order valence-electron chi connectivity index (χ2n) is 6.73. The van der Waals surface area contributed by atoms with Gasteiger partial charge in [-0.3, -0.25) is 4.79 Å². The van der Waals surface area contributed by atoms with Gasteiger partial charge in [0, 0.05) is 43.0 Å². The molecule has 1 fully saturated rings. The van der Waals surface area contributed by atoms with Crippen LogP contribution in [0.15, 0.2) is 42.5 Å². The minimum Gasteiger partial charge on any atom is -0.497 e. The highest BCUT2D eigenvalue weighted by molar-refractivity contribution is 6.30. The van der Waals surface area contributed by atoms with Gasteiger partial charge in [-0.05, 0) is 30.3 Å². The summed E-state index contributed by atoms with van der Waals surface area (Å²) in [6.45, 7) is 2.36. The molecule has 9 heteroatoms. The van der Waals surface area contributed by atoms with Crippen molar-refractivity contribution in [3.63, 3.8) is 0 Å². The largest absolute Gasteiger partial charge is 0.497 e. The summed E-state index contributed by atoms with van der Waals surface area (Å²) in [6, 6.07) is 12.5. The molecule has 0 unspecified atom stereocenters. The van der Waals surface area contributed by atoms with Crippen LogP contribution in [0.5, 0.6) is 11.5 Å². The minimum atomic E-state index is -0.354. The Morgan fingerprint density at radius 1 is 1.03 bits per heavy atom. The Morgan fingerprint density at radius 2 is 1.80 bits per heavy atom. The van der Waals surface area contributed by atoms with Crippen molar-refractivity contribution in [1.82, 2.24) is 10.2 Å². The van der Waals surface area contributed by atoms with Crippen molar-refractivity contribution in [2.45, 2.75) is 0 Å². The van der Waals surface area contributed by atoms with Crippen molar-refractivity contribution < 1.29 is 19.1 Å². The van der Waals surface area contributed by atoms with Gasteiger partial charge in [0.1, 0.15) is 11.5 Å². The van der Waals surface area contributed by atoms with E-state index in [-0.39, 0.29) is 18.5 Å². The highest BCUT2D eigenvalue weighted by Gasteiger charge is 2.22. The van der Waals surface area contributed by atoms with Gasteiger partial charge in [-0.2, -0.15) is 0 Å². The first kappa shape index (κ1) is 21.6. The van der Waals surface area contributed by atoms with Crippen molar-refractivity contribution in [3.05, 3.63) is 47.5 Å². The Morgan fingerprint density at radius 3 is 2.47 bits per heavy atom. The van der Waals surface area contributed by atoms with E-state index >= 15 is 0 Å². The molecule has 8 nitrogen and oxygen atoms in total. The SMILES string of the molecule is COc1ccc(OC)c(NC(=O)CNC(=O)N2CCN(c3cccc(Cl)c3)CC2)c1. The van der Waals surface area contributed by atoms with E-state index in [1.807, 2.05) is 24.3 Å². The molecule has 1 aliphatic rings. The minimum absolute atomic E-state index is 0.145. The molecule has 3 rings (SSSR count). The highest BCUT2D eigenvalue weighted by Crippen LogP contribution is 2.28. The number of nitrogens with zero attached hydrogens (tertiary/aromatic N) is 2. The van der Waals surface area contributed by atoms with Crippen molar-refractivity contribution >= 4 is 34.9 Å². The lowest BCUT2D eigenvalue weighted by atomic mass is 10.2. The summed E-state index contributed by atoms with van der Waals surface area (Å²) in [6.07, 6.45) is 0. The number of nitrogens with one attached hydrogen (secondary N) is 2. The van der Waals surface area contributed by atoms with Crippen LogP contribution in [0.3, 0.4) is 0 Å². The number of rotatable bonds is 6. The van der Waals surface area contributed by atoms with Crippen LogP contribution in [-0.2, 0) is 4.79 Å². The van der Waals surface area contributed by atoms with Crippen LogP contribution < -0.4 is 25.0 Å². The summed E-state index contributed by atoms with van der Waals surface area (Å²) in [5.41, 5.74) is 1.51. The Bertz CT molecular complexity index is 900. The summed E-state index contributed by atoms with van der Waals surface area (Å²) in [5, 5.41) is 6.08. The van der Waals surface area contributed by atoms with Crippen LogP contribution in [-0.4, -0.2) is 63.8 Å². The Labute approximate surface area is 180 Å². The molecule has 1 aliphatic heterocycles. The van der Waals surface area contributed by atoms with Gasteiger partial charge in [0.05, 0.1) is 26.5 Å². The van der Waals surface area contributed by atoms with Gasteiger partial charge in [0.15, 0.2) is 0 Å². The zero-order valence-corrected chi connectivity index (χ0v) is 17.7. The fourth-order valence-electron chi connectivity index (χ4n) is 3.21. The molecule has 0 spiro atoms. The van der Waals surface area contributed by atoms with Crippen LogP contribution in [0.25, 0.3) is 0 Å². The molecule has 2 N–H and O–H groups in total. The number of methoxy groups -OCH3 is 2. The zero-order valence-electron chi connectivity index (χ0n) is 17.0. The first-order valence-corrected chi connectivity index (χ1v) is 9.93. The van der Waals surface area contributed by atoms with Crippen molar-refractivity contribution in [2.24, 2.45) is 0 Å². The molecule has 0 atom stereocenters. The third-order valence-corrected chi connectivity index (χ3v) is 5.06. The molecule has 3 amide bonds. The van der Waals surface area contributed by atoms with E-state index < -0.39 is 0 Å². The predicted octanol–water partition coefficient (Wildman–Crippen LogP) is 2.83. The Kier molecular flexibility index (Phi) is 7.24. The fourth-order valence-corrected chi connectivity index (χ4v) is 3.40. The molecule has 30 heavy (non-hydrogen) atoms. The number of hydrogen-bond acceptors (Lipinski definition) is 5. The van der Waals surface area contributed by atoms with E-state index in [0.717, 1.165) is 5.69 Å². The Balaban J connectivity index is 1.47. The molecule has 0 aliphatic carbocycles. The normalized spacial score (nSPS) is 13.6. The maximum Gasteiger partial charge on any atom is 0.317 e. The van der Waals surface area contributed by atoms with Crippen molar-refractivity contribution in [1.29, 1.82) is 0 Å². The first-order valence-electron chi connectivity index (χ1n) is 9.55. The number of carbonyl (C=O) groups excluding carboxylic acids is 2. The molecule has 0 bridgehead atoms. The third-order valence-electron chi connectivity index (χ3n) is 4.82. The fraction of sp³-hybridized carbons (Fsp3) is 0.333. The summed E-state index contributed by atoms with van der Waals surface area (Å²) >= 11 is 6.05. The average molecular weight is 433 g/mol. The molecular weight excluding hydrogens is 408 g/mol. The van der Waals surface area contributed by atoms with E-state index in [1.54, 1.807) is 30.2 Å². The molecule has 2 aromatic rings. The summed E-state index contributed by atoms with van der Waals surface area (Å²) in [4.78, 5) is 28.6. The standard InChI is InChI=1S/C21H25ClN4O4/c1-29-17-6-7-19(30-2)18(13-17)24-20(27)14-23-21(28)26-10-8-25(9-11-26)16-5-3-4-15(22)12-16/h3-7,12-13H,8-11,14H2,1-2H3,(H,23,28)(H,24,27). The van der Waals surface area contributed by atoms with Crippen LogP contribution in [0.1, 0.15) is 0 Å². The van der Waals surface area contributed by atoms with Crippen LogP contribution in [0.4, 0.5) is 16.2 Å². The third kappa shape index (κ3) is 5.48. The summed E-state index contributed by atoms with van der Waals surface area (Å²) < 4.78 is 10.4. The molecule has 0 saturated carbocycles. The van der Waals surface area contributed by atoms with E-state index in [2.05, 4.69) is 15.5 Å². The lowest BCUT2D eigenvalue weighted by Gasteiger charge is -2.36. The van der Waals surface area contributed by atoms with Gasteiger partial charge in [-0.15, -0.1) is 0 Å². The van der Waals surface area contributed by atoms with Gasteiger partial charge in [-0.25, -0.2) is 4.79 Å². The molecular formula is C21H25ClN4O4. The van der Waals surface area contributed by atoms with Crippen molar-refractivity contribution in [2.75, 3.05) is 57.2 Å². The lowest BCUT2D eigenvalue weighted by molar-refractivity contribution is -0.115. The maximum absolute atomic E-state index is 12.4. The molecule has 2 aromatic carbocycles. The number of carbonyl (C=O) groups is 2. The van der Waals surface area contributed by atoms with E-state index in [1.165, 1.54) is 7.11 Å². The number of ether oxygens (including phenoxy) is 2. The number of halogens is 1. The topological polar surface area (TPSA) is 83.1 Å². The maximum atomic E-state index is 12.4. The summed E-state index contributed by atoms with van der Waals surface area (Å²) in [5.74, 6) is 0.743. The molecule has 160 valence electrons. The van der Waals surface area contributed by atoms with E-state index in [0.29, 0.717) is 48.4 Å². The number of hydrogen-bond donors (Lipinski definition) is 2. The van der Waals surface area contributed by atoms with Gasteiger partial charge < -0.3 is 29.9 Å². The quantitative estimate of drug-likeness (QED) is 0.733. The smallest absolute Gasteiger partial charge is 0.317 e. The second-order valence-corrected chi connectivity index (χ2v) is 7.16. The van der Waals surface area contributed by atoms with Gasteiger partial charge in [0.2, 0.25) is 5.91 Å². The van der Waals surface area contributed by atoms with Crippen LogP contribution in [0, 0.1) is 0 Å². The Hall–Kier alpha value is -3.13. The molecule has 1 heterocycles. The van der Waals surface area contributed by atoms with E-state index in [9.17, 15) is 9.59 Å². The summed E-state index contributed by atoms with van der Waals surface area (Å²) in [7, 11) is 3.06. The van der Waals surface area contributed by atoms with Gasteiger partial charge in [-0.1, -0.05) is 17.7 Å². The number of anilines is 2. The lowest BCUT2D eigenvalue weighted by Crippen LogP contribution is -2.52. The van der Waals surface area contributed by atoms with Crippen LogP contribution >= 0.6 is 11.6 Å². The second kappa shape index (κ2) is 10.1. The molecule has 0 radical (unpaired) electrons. The average Bonchev–Trinajstić information content (AvgIpc) is 2.77. The van der Waals surface area contributed by atoms with Crippen LogP contribution in [0.2, 0.25) is 5.02 Å². The van der Waals surface area contributed by atoms with Gasteiger partial charge >= 0.3 is 6.03 Å². The molecule has 1 saturated heterocycles. The number of benzene rings is 2. The van der Waals surface area contributed by atoms with Crippen molar-refractivity contribution in [3.8, 4) is 11.5 Å².